The van der Waals surface area contributed by atoms with Gasteiger partial charge in [-0.15, -0.1) is 10.2 Å². The Morgan fingerprint density at radius 2 is 2.30 bits per heavy atom. The summed E-state index contributed by atoms with van der Waals surface area (Å²) >= 11 is 0. The van der Waals surface area contributed by atoms with Gasteiger partial charge in [-0.25, -0.2) is 4.79 Å². The highest BCUT2D eigenvalue weighted by atomic mass is 16.4. The maximum Gasteiger partial charge on any atom is 0.323 e. The molecule has 2 rings (SSSR count). The fourth-order valence-electron chi connectivity index (χ4n) is 1.92. The van der Waals surface area contributed by atoms with Crippen molar-refractivity contribution in [2.24, 2.45) is 13.0 Å². The van der Waals surface area contributed by atoms with E-state index >= 15 is 0 Å². The molecule has 0 unspecified atom stereocenters. The molecule has 0 radical (unpaired) electrons. The molecule has 1 aromatic heterocycles. The molecule has 2 N–H and O–H groups in total. The van der Waals surface area contributed by atoms with Crippen molar-refractivity contribution in [2.75, 3.05) is 19.6 Å². The quantitative estimate of drug-likeness (QED) is 0.724. The molecule has 0 aromatic carbocycles. The number of carboxylic acids is 1. The summed E-state index contributed by atoms with van der Waals surface area (Å²) in [4.78, 5) is 24.1. The van der Waals surface area contributed by atoms with Crippen molar-refractivity contribution in [1.82, 2.24) is 25.0 Å². The first-order chi connectivity index (χ1) is 9.56. The number of nitrogens with one attached hydrogen (secondary N) is 1. The van der Waals surface area contributed by atoms with Gasteiger partial charge in [0.1, 0.15) is 18.7 Å². The highest BCUT2D eigenvalue weighted by Gasteiger charge is 2.27. The fourth-order valence-corrected chi connectivity index (χ4v) is 1.92. The zero-order chi connectivity index (χ0) is 14.5. The molecule has 0 saturated heterocycles. The normalized spacial score (nSPS) is 14.1. The molecule has 8 nitrogen and oxygen atoms in total. The van der Waals surface area contributed by atoms with Gasteiger partial charge in [-0.2, -0.15) is 0 Å². The molecule has 20 heavy (non-hydrogen) atoms. The molecule has 1 heterocycles. The number of nitrogens with zero attached hydrogens (tertiary/aromatic N) is 4. The maximum atomic E-state index is 12.0. The third kappa shape index (κ3) is 4.22. The van der Waals surface area contributed by atoms with Gasteiger partial charge in [0, 0.05) is 26.6 Å². The lowest BCUT2D eigenvalue weighted by molar-refractivity contribution is -0.137. The van der Waals surface area contributed by atoms with Crippen LogP contribution in [0.2, 0.25) is 0 Å². The van der Waals surface area contributed by atoms with E-state index in [-0.39, 0.29) is 12.6 Å². The molecule has 1 aromatic rings. The van der Waals surface area contributed by atoms with Crippen LogP contribution in [0, 0.1) is 5.92 Å². The van der Waals surface area contributed by atoms with Crippen LogP contribution in [0.15, 0.2) is 6.33 Å². The van der Waals surface area contributed by atoms with Crippen LogP contribution in [0.3, 0.4) is 0 Å². The maximum absolute atomic E-state index is 12.0. The summed E-state index contributed by atoms with van der Waals surface area (Å²) in [7, 11) is 1.83. The SMILES string of the molecule is Cn1cnnc1CCNC(=O)N(CC(=O)O)CC1CC1. The van der Waals surface area contributed by atoms with Crippen molar-refractivity contribution in [2.45, 2.75) is 19.3 Å². The number of aliphatic carboxylic acids is 1. The summed E-state index contributed by atoms with van der Waals surface area (Å²) in [5, 5.41) is 19.2. The standard InChI is InChI=1S/C12H19N5O3/c1-16-8-14-15-10(16)4-5-13-12(20)17(7-11(18)19)6-9-2-3-9/h8-9H,2-7H2,1H3,(H,13,20)(H,18,19). The Labute approximate surface area is 116 Å². The molecule has 1 aliphatic carbocycles. The lowest BCUT2D eigenvalue weighted by Gasteiger charge is -2.20. The number of aryl methyl sites for hydroxylation is 1. The van der Waals surface area contributed by atoms with E-state index in [0.29, 0.717) is 25.4 Å². The van der Waals surface area contributed by atoms with Crippen LogP contribution in [0.5, 0.6) is 0 Å². The number of rotatable bonds is 7. The Balaban J connectivity index is 1.78. The Hall–Kier alpha value is -2.12. The van der Waals surface area contributed by atoms with E-state index in [1.165, 1.54) is 4.90 Å². The second kappa shape index (κ2) is 6.36. The van der Waals surface area contributed by atoms with E-state index in [0.717, 1.165) is 18.7 Å². The monoisotopic (exact) mass is 281 g/mol. The summed E-state index contributed by atoms with van der Waals surface area (Å²) in [6, 6.07) is -0.332. The van der Waals surface area contributed by atoms with Crippen LogP contribution in [0.25, 0.3) is 0 Å². The van der Waals surface area contributed by atoms with Gasteiger partial charge < -0.3 is 19.9 Å². The molecule has 8 heteroatoms. The first kappa shape index (κ1) is 14.3. The lowest BCUT2D eigenvalue weighted by Crippen LogP contribution is -2.44. The smallest absolute Gasteiger partial charge is 0.323 e. The van der Waals surface area contributed by atoms with Gasteiger partial charge in [-0.3, -0.25) is 4.79 Å². The van der Waals surface area contributed by atoms with Crippen molar-refractivity contribution < 1.29 is 14.7 Å². The molecule has 0 aliphatic heterocycles. The predicted octanol–water partition coefficient (Wildman–Crippen LogP) is -0.136. The first-order valence-electron chi connectivity index (χ1n) is 6.63. The average molecular weight is 281 g/mol. The van der Waals surface area contributed by atoms with E-state index in [1.54, 1.807) is 10.9 Å². The predicted molar refractivity (Wildman–Crippen MR) is 70.0 cm³/mol. The third-order valence-corrected chi connectivity index (χ3v) is 3.22. The zero-order valence-corrected chi connectivity index (χ0v) is 11.4. The van der Waals surface area contributed by atoms with Crippen molar-refractivity contribution in [3.05, 3.63) is 12.2 Å². The minimum Gasteiger partial charge on any atom is -0.480 e. The minimum atomic E-state index is -0.992. The largest absolute Gasteiger partial charge is 0.480 e. The second-order valence-electron chi connectivity index (χ2n) is 5.06. The van der Waals surface area contributed by atoms with Crippen LogP contribution >= 0.6 is 0 Å². The number of carbonyl (C=O) groups excluding carboxylic acids is 1. The summed E-state index contributed by atoms with van der Waals surface area (Å²) in [5.74, 6) is 0.241. The third-order valence-electron chi connectivity index (χ3n) is 3.22. The average Bonchev–Trinajstić information content (AvgIpc) is 3.11. The highest BCUT2D eigenvalue weighted by molar-refractivity contribution is 5.80. The van der Waals surface area contributed by atoms with Crippen molar-refractivity contribution in [1.29, 1.82) is 0 Å². The molecule has 1 fully saturated rings. The number of carbonyl (C=O) groups is 2. The van der Waals surface area contributed by atoms with Crippen LogP contribution in [-0.2, 0) is 18.3 Å². The van der Waals surface area contributed by atoms with Crippen molar-refractivity contribution >= 4 is 12.0 Å². The number of amides is 2. The lowest BCUT2D eigenvalue weighted by atomic mass is 10.3. The van der Waals surface area contributed by atoms with E-state index in [1.807, 2.05) is 7.05 Å². The van der Waals surface area contributed by atoms with E-state index < -0.39 is 5.97 Å². The topological polar surface area (TPSA) is 100 Å². The zero-order valence-electron chi connectivity index (χ0n) is 11.4. The second-order valence-corrected chi connectivity index (χ2v) is 5.06. The minimum absolute atomic E-state index is 0.258. The van der Waals surface area contributed by atoms with E-state index in [9.17, 15) is 9.59 Å². The number of aromatic nitrogens is 3. The molecule has 2 amide bonds. The van der Waals surface area contributed by atoms with Gasteiger partial charge in [0.15, 0.2) is 0 Å². The molecule has 0 spiro atoms. The summed E-state index contributed by atoms with van der Waals surface area (Å²) in [6.45, 7) is 0.667. The Bertz CT molecular complexity index is 483. The summed E-state index contributed by atoms with van der Waals surface area (Å²) in [5.41, 5.74) is 0. The Morgan fingerprint density at radius 1 is 1.55 bits per heavy atom. The molecule has 1 saturated carbocycles. The van der Waals surface area contributed by atoms with Crippen LogP contribution in [-0.4, -0.2) is 56.4 Å². The number of urea groups is 1. The molecule has 0 bridgehead atoms. The van der Waals surface area contributed by atoms with Crippen LogP contribution in [0.1, 0.15) is 18.7 Å². The fraction of sp³-hybridized carbons (Fsp3) is 0.667. The molecule has 110 valence electrons. The Morgan fingerprint density at radius 3 is 2.85 bits per heavy atom. The van der Waals surface area contributed by atoms with E-state index in [4.69, 9.17) is 5.11 Å². The van der Waals surface area contributed by atoms with Gasteiger partial charge in [0.25, 0.3) is 0 Å². The highest BCUT2D eigenvalue weighted by Crippen LogP contribution is 2.29. The van der Waals surface area contributed by atoms with Gasteiger partial charge in [-0.1, -0.05) is 0 Å². The van der Waals surface area contributed by atoms with E-state index in [2.05, 4.69) is 15.5 Å². The van der Waals surface area contributed by atoms with Gasteiger partial charge in [0.2, 0.25) is 0 Å². The molecular weight excluding hydrogens is 262 g/mol. The van der Waals surface area contributed by atoms with Crippen molar-refractivity contribution in [3.63, 3.8) is 0 Å². The van der Waals surface area contributed by atoms with Crippen LogP contribution in [0.4, 0.5) is 4.79 Å². The molecule has 0 atom stereocenters. The number of carboxylic acid groups (broad SMARTS) is 1. The molecule has 1 aliphatic rings. The number of hydrogen-bond acceptors (Lipinski definition) is 4. The van der Waals surface area contributed by atoms with Gasteiger partial charge >= 0.3 is 12.0 Å². The molecular formula is C12H19N5O3. The van der Waals surface area contributed by atoms with Crippen LogP contribution < -0.4 is 5.32 Å². The Kier molecular flexibility index (Phi) is 4.54. The summed E-state index contributed by atoms with van der Waals surface area (Å²) in [6.07, 6.45) is 4.30. The van der Waals surface area contributed by atoms with Gasteiger partial charge in [0.05, 0.1) is 0 Å². The first-order valence-corrected chi connectivity index (χ1v) is 6.63. The van der Waals surface area contributed by atoms with Crippen molar-refractivity contribution in [3.8, 4) is 0 Å². The summed E-state index contributed by atoms with van der Waals surface area (Å²) < 4.78 is 1.78. The van der Waals surface area contributed by atoms with Gasteiger partial charge in [-0.05, 0) is 18.8 Å². The number of hydrogen-bond donors (Lipinski definition) is 2.